The zero-order chi connectivity index (χ0) is 34.5. The Hall–Kier alpha value is -3.48. The lowest BCUT2D eigenvalue weighted by atomic mass is 10.0. The molecule has 1 aromatic carbocycles. The highest BCUT2D eigenvalue weighted by Crippen LogP contribution is 2.35. The molecular formula is C35H41F3N8OS2. The standard InChI is InChI=1S/C35H41F3N8OS2/c1-4-49(3,47)44-20-26-6-7-27(21-44)45(26)13-14-46-28(18-39)15-30-23(2)24(5-8-32(30)46)19-43-11-9-25(10-12-43)42-33-31-16-29(17-35(36,37)38)48-34(31)41-22-40-33/h4-5,8,15-16,22,25-27H,1,3,6-7,9-14,17,19-21H2,2H3,(H,40,41,42). The molecule has 0 saturated carbocycles. The number of piperidine rings is 1. The van der Waals surface area contributed by atoms with Gasteiger partial charge < -0.3 is 9.88 Å². The molecule has 0 amide bonds. The molecule has 3 aliphatic heterocycles. The first-order valence-electron chi connectivity index (χ1n) is 16.7. The highest BCUT2D eigenvalue weighted by atomic mass is 32.2. The molecule has 3 fully saturated rings. The number of piperazine rings is 1. The quantitative estimate of drug-likeness (QED) is 0.204. The van der Waals surface area contributed by atoms with Crippen molar-refractivity contribution in [2.24, 2.45) is 0 Å². The smallest absolute Gasteiger partial charge is 0.367 e. The van der Waals surface area contributed by atoms with Crippen LogP contribution < -0.4 is 5.32 Å². The Kier molecular flexibility index (Phi) is 9.25. The molecule has 14 heteroatoms. The topological polar surface area (TPSA) is 93.3 Å². The second kappa shape index (κ2) is 13.3. The van der Waals surface area contributed by atoms with Gasteiger partial charge in [0, 0.05) is 94.8 Å². The molecule has 0 radical (unpaired) electrons. The fourth-order valence-electron chi connectivity index (χ4n) is 7.89. The molecule has 3 unspecified atom stereocenters. The predicted octanol–water partition coefficient (Wildman–Crippen LogP) is 5.93. The zero-order valence-electron chi connectivity index (χ0n) is 27.6. The van der Waals surface area contributed by atoms with Crippen LogP contribution >= 0.6 is 11.3 Å². The van der Waals surface area contributed by atoms with E-state index >= 15 is 0 Å². The minimum atomic E-state index is -4.26. The molecule has 260 valence electrons. The van der Waals surface area contributed by atoms with Gasteiger partial charge in [0.05, 0.1) is 11.8 Å². The van der Waals surface area contributed by atoms with Crippen LogP contribution in [0.5, 0.6) is 0 Å². The van der Waals surface area contributed by atoms with Crippen LogP contribution in [0.25, 0.3) is 21.1 Å². The summed E-state index contributed by atoms with van der Waals surface area (Å²) in [6, 6.07) is 11.2. The van der Waals surface area contributed by atoms with E-state index in [0.717, 1.165) is 87.2 Å². The van der Waals surface area contributed by atoms with Gasteiger partial charge in [0.15, 0.2) is 0 Å². The minimum absolute atomic E-state index is 0.166. The lowest BCUT2D eigenvalue weighted by Crippen LogP contribution is -2.55. The SMILES string of the molecule is C=CS(=C)(=O)N1CC2CCC(C1)N2CCn1c(C#N)cc2c(C)c(CN3CCC(Nc4ncnc5sc(CC(F)(F)F)cc45)CC3)ccc21. The Balaban J connectivity index is 0.982. The van der Waals surface area contributed by atoms with E-state index in [2.05, 4.69) is 67.2 Å². The Bertz CT molecular complexity index is 2010. The molecule has 0 spiro atoms. The van der Waals surface area contributed by atoms with Gasteiger partial charge in [0.25, 0.3) is 0 Å². The van der Waals surface area contributed by atoms with Crippen LogP contribution in [0.15, 0.2) is 42.6 Å². The lowest BCUT2D eigenvalue weighted by molar-refractivity contribution is -0.126. The summed E-state index contributed by atoms with van der Waals surface area (Å²) in [5, 5.41) is 16.8. The van der Waals surface area contributed by atoms with Gasteiger partial charge in [0.1, 0.15) is 28.7 Å². The van der Waals surface area contributed by atoms with Crippen LogP contribution in [0.3, 0.4) is 0 Å². The average molecular weight is 711 g/mol. The number of fused-ring (bicyclic) bond motifs is 4. The second-order valence-corrected chi connectivity index (χ2v) is 16.9. The number of thiophene rings is 1. The van der Waals surface area contributed by atoms with Crippen molar-refractivity contribution in [1.29, 1.82) is 5.26 Å². The first-order valence-corrected chi connectivity index (χ1v) is 19.3. The average Bonchev–Trinajstić information content (AvgIpc) is 3.71. The van der Waals surface area contributed by atoms with Crippen LogP contribution in [-0.2, 0) is 29.2 Å². The van der Waals surface area contributed by atoms with Crippen LogP contribution in [0.2, 0.25) is 0 Å². The summed E-state index contributed by atoms with van der Waals surface area (Å²) >= 11 is 1.07. The van der Waals surface area contributed by atoms with Crippen LogP contribution in [-0.4, -0.2) is 95.7 Å². The minimum Gasteiger partial charge on any atom is -0.367 e. The van der Waals surface area contributed by atoms with Gasteiger partial charge in [-0.1, -0.05) is 12.6 Å². The van der Waals surface area contributed by atoms with Crippen molar-refractivity contribution in [3.05, 3.63) is 64.3 Å². The summed E-state index contributed by atoms with van der Waals surface area (Å²) in [7, 11) is -2.43. The molecule has 1 N–H and O–H groups in total. The molecule has 9 nitrogen and oxygen atoms in total. The lowest BCUT2D eigenvalue weighted by Gasteiger charge is -2.41. The summed E-state index contributed by atoms with van der Waals surface area (Å²) in [6.45, 7) is 11.4. The summed E-state index contributed by atoms with van der Waals surface area (Å²) in [6.07, 6.45) is 0.115. The third-order valence-corrected chi connectivity index (χ3v) is 13.3. The van der Waals surface area contributed by atoms with Crippen molar-refractivity contribution in [2.45, 2.75) is 76.4 Å². The molecule has 49 heavy (non-hydrogen) atoms. The fourth-order valence-corrected chi connectivity index (χ4v) is 9.98. The number of aryl methyl sites for hydroxylation is 1. The number of halogens is 3. The number of anilines is 1. The number of aromatic nitrogens is 3. The maximum Gasteiger partial charge on any atom is 0.393 e. The Morgan fingerprint density at radius 2 is 1.84 bits per heavy atom. The third kappa shape index (κ3) is 6.96. The second-order valence-electron chi connectivity index (χ2n) is 13.5. The number of hydrogen-bond donors (Lipinski definition) is 1. The van der Waals surface area contributed by atoms with E-state index in [1.54, 1.807) is 6.07 Å². The van der Waals surface area contributed by atoms with Gasteiger partial charge in [-0.05, 0) is 67.8 Å². The summed E-state index contributed by atoms with van der Waals surface area (Å²) in [4.78, 5) is 14.3. The summed E-state index contributed by atoms with van der Waals surface area (Å²) in [5.74, 6) is 4.50. The molecule has 3 aliphatic rings. The summed E-state index contributed by atoms with van der Waals surface area (Å²) < 4.78 is 55.9. The third-order valence-electron chi connectivity index (χ3n) is 10.5. The highest BCUT2D eigenvalue weighted by molar-refractivity contribution is 8.00. The molecule has 3 saturated heterocycles. The Morgan fingerprint density at radius 1 is 1.10 bits per heavy atom. The Labute approximate surface area is 289 Å². The van der Waals surface area contributed by atoms with E-state index < -0.39 is 22.3 Å². The predicted molar refractivity (Wildman–Crippen MR) is 191 cm³/mol. The van der Waals surface area contributed by atoms with Gasteiger partial charge in [0.2, 0.25) is 0 Å². The first kappa shape index (κ1) is 34.0. The van der Waals surface area contributed by atoms with Gasteiger partial charge >= 0.3 is 6.18 Å². The van der Waals surface area contributed by atoms with E-state index in [1.165, 1.54) is 22.9 Å². The van der Waals surface area contributed by atoms with Gasteiger partial charge in [-0.2, -0.15) is 18.4 Å². The molecule has 7 rings (SSSR count). The normalized spacial score (nSPS) is 22.4. The van der Waals surface area contributed by atoms with E-state index in [1.807, 2.05) is 10.4 Å². The number of nitriles is 1. The molecule has 3 atom stereocenters. The van der Waals surface area contributed by atoms with Gasteiger partial charge in [-0.15, -0.1) is 11.3 Å². The number of likely N-dealkylation sites (tertiary alicyclic amines) is 1. The largest absolute Gasteiger partial charge is 0.393 e. The van der Waals surface area contributed by atoms with Crippen molar-refractivity contribution in [1.82, 2.24) is 28.6 Å². The number of nitrogens with zero attached hydrogens (tertiary/aromatic N) is 7. The van der Waals surface area contributed by atoms with E-state index in [0.29, 0.717) is 40.4 Å². The van der Waals surface area contributed by atoms with Crippen LogP contribution in [0.1, 0.15) is 47.4 Å². The van der Waals surface area contributed by atoms with E-state index in [-0.39, 0.29) is 10.9 Å². The summed E-state index contributed by atoms with van der Waals surface area (Å²) in [5.41, 5.74) is 4.16. The van der Waals surface area contributed by atoms with E-state index in [4.69, 9.17) is 0 Å². The van der Waals surface area contributed by atoms with E-state index in [9.17, 15) is 22.6 Å². The number of rotatable bonds is 10. The van der Waals surface area contributed by atoms with Crippen molar-refractivity contribution < 1.29 is 17.4 Å². The van der Waals surface area contributed by atoms with Crippen molar-refractivity contribution in [2.75, 3.05) is 38.0 Å². The van der Waals surface area contributed by atoms with Gasteiger partial charge in [-0.25, -0.2) is 18.5 Å². The van der Waals surface area contributed by atoms with Gasteiger partial charge in [-0.3, -0.25) is 9.80 Å². The molecule has 2 bridgehead atoms. The Morgan fingerprint density at radius 3 is 2.51 bits per heavy atom. The molecule has 4 aromatic rings. The molecule has 6 heterocycles. The zero-order valence-corrected chi connectivity index (χ0v) is 29.2. The molecule has 3 aromatic heterocycles. The highest BCUT2D eigenvalue weighted by Gasteiger charge is 2.41. The number of hydrogen-bond acceptors (Lipinski definition) is 8. The van der Waals surface area contributed by atoms with Crippen LogP contribution in [0.4, 0.5) is 19.0 Å². The maximum atomic E-state index is 13.0. The first-order chi connectivity index (χ1) is 23.4. The number of alkyl halides is 3. The fraction of sp³-hybridized carbons (Fsp3) is 0.486. The number of benzene rings is 1. The molecular weight excluding hydrogens is 670 g/mol. The monoisotopic (exact) mass is 710 g/mol. The molecule has 0 aliphatic carbocycles. The number of nitrogens with one attached hydrogen (secondary N) is 1. The van der Waals surface area contributed by atoms with Crippen molar-refractivity contribution in [3.63, 3.8) is 0 Å². The van der Waals surface area contributed by atoms with Crippen molar-refractivity contribution in [3.8, 4) is 6.07 Å². The van der Waals surface area contributed by atoms with Crippen LogP contribution in [0, 0.1) is 18.3 Å². The van der Waals surface area contributed by atoms with Crippen molar-refractivity contribution >= 4 is 53.9 Å². The maximum absolute atomic E-state index is 13.0.